The zero-order valence-electron chi connectivity index (χ0n) is 43.2. The maximum absolute atomic E-state index is 14.1. The third-order valence-electron chi connectivity index (χ3n) is 12.6. The topological polar surface area (TPSA) is 393 Å². The van der Waals surface area contributed by atoms with Crippen molar-refractivity contribution in [2.24, 2.45) is 17.4 Å². The Balaban J connectivity index is 1.25. The summed E-state index contributed by atoms with van der Waals surface area (Å²) in [7, 11) is 0. The molecule has 3 heterocycles. The van der Waals surface area contributed by atoms with E-state index in [9.17, 15) is 52.7 Å². The van der Waals surface area contributed by atoms with Gasteiger partial charge >= 0.3 is 0 Å². The molecule has 8 atom stereocenters. The molecule has 0 radical (unpaired) electrons. The number of nitrogens with zero attached hydrogens (tertiary/aromatic N) is 1. The van der Waals surface area contributed by atoms with E-state index >= 15 is 0 Å². The molecular formula is C51H68N14O11S. The predicted octanol–water partition coefficient (Wildman–Crippen LogP) is -2.11. The molecule has 2 aromatic carbocycles. The minimum absolute atomic E-state index is 0.0189. The van der Waals surface area contributed by atoms with Crippen LogP contribution in [0, 0.1) is 5.92 Å². The van der Waals surface area contributed by atoms with Crippen LogP contribution < -0.4 is 59.3 Å². The number of nitrogens with one attached hydrogen (secondary N) is 11. The van der Waals surface area contributed by atoms with Crippen LogP contribution in [0.15, 0.2) is 73.3 Å². The molecule has 11 amide bonds. The monoisotopic (exact) mass is 1080 g/mol. The number of carbonyl (C=O) groups excluding carboxylic acids is 11. The summed E-state index contributed by atoms with van der Waals surface area (Å²) in [4.78, 5) is 156. The van der Waals surface area contributed by atoms with Crippen molar-refractivity contribution < 1.29 is 52.7 Å². The summed E-state index contributed by atoms with van der Waals surface area (Å²) in [6.45, 7) is 3.96. The summed E-state index contributed by atoms with van der Waals surface area (Å²) in [6, 6.07) is 6.29. The lowest BCUT2D eigenvalue weighted by atomic mass is 10.0. The lowest BCUT2D eigenvalue weighted by Gasteiger charge is -2.26. The number of nitrogens with two attached hydrogens (primary N) is 2. The third-order valence-corrected chi connectivity index (χ3v) is 13.2. The van der Waals surface area contributed by atoms with Crippen LogP contribution in [0.25, 0.3) is 10.9 Å². The fourth-order valence-electron chi connectivity index (χ4n) is 8.31. The number of thioether (sulfide) groups is 1. The number of rotatable bonds is 30. The van der Waals surface area contributed by atoms with Crippen molar-refractivity contribution in [2.45, 2.75) is 120 Å². The number of para-hydroxylation sites is 1. The first kappa shape index (κ1) is 59.6. The van der Waals surface area contributed by atoms with Gasteiger partial charge in [0.1, 0.15) is 48.3 Å². The second-order valence-corrected chi connectivity index (χ2v) is 19.9. The number of benzene rings is 2. The molecule has 26 heteroatoms. The van der Waals surface area contributed by atoms with Gasteiger partial charge in [-0.1, -0.05) is 62.4 Å². The lowest BCUT2D eigenvalue weighted by Crippen LogP contribution is -2.59. The van der Waals surface area contributed by atoms with Crippen LogP contribution in [0.1, 0.15) is 69.7 Å². The Morgan fingerprint density at radius 1 is 0.688 bits per heavy atom. The molecule has 25 nitrogen and oxygen atoms in total. The highest BCUT2D eigenvalue weighted by molar-refractivity contribution is 7.98. The Morgan fingerprint density at radius 2 is 1.32 bits per heavy atom. The molecule has 1 aliphatic rings. The van der Waals surface area contributed by atoms with Crippen LogP contribution in [0.4, 0.5) is 0 Å². The first-order chi connectivity index (χ1) is 36.7. The molecule has 414 valence electrons. The van der Waals surface area contributed by atoms with Crippen molar-refractivity contribution in [3.05, 3.63) is 90.1 Å². The number of aromatic amines is 2. The molecule has 1 fully saturated rings. The highest BCUT2D eigenvalue weighted by Gasteiger charge is 2.35. The number of hydrogen-bond donors (Lipinski definition) is 13. The summed E-state index contributed by atoms with van der Waals surface area (Å²) < 4.78 is 0. The molecule has 0 spiro atoms. The Labute approximate surface area is 448 Å². The standard InChI is InChI=1S/C51H68N14O11S/c1-27(2)43(51(76)56-25-42(68)60-39(22-31-24-54-26-57-31)50(75)63-37(20-29-10-6-5-7-11-29)49(74)61-34(44(53)69)18-19-77-4)65-45(70)28(3)58-48(73)38(21-30-23-55-33-13-9-8-12-32(30)33)64-47(72)36(14-16-40(52)66)62-46(71)35-15-17-41(67)59-35/h5-13,23-24,26-28,34-39,43,55H,14-22,25H2,1-4H3,(H2,52,66)(H2,53,69)(H,54,57)(H,56,76)(H,58,73)(H,59,67)(H,60,68)(H,61,74)(H,62,71)(H,63,75)(H,64,72)(H,65,70). The van der Waals surface area contributed by atoms with Gasteiger partial charge in [-0.05, 0) is 61.3 Å². The number of primary amides is 2. The molecule has 2 aromatic heterocycles. The minimum Gasteiger partial charge on any atom is -0.370 e. The van der Waals surface area contributed by atoms with Crippen molar-refractivity contribution in [1.29, 1.82) is 0 Å². The van der Waals surface area contributed by atoms with Crippen LogP contribution in [0.3, 0.4) is 0 Å². The van der Waals surface area contributed by atoms with Gasteiger partial charge in [-0.3, -0.25) is 52.7 Å². The maximum Gasteiger partial charge on any atom is 0.243 e. The number of imidazole rings is 1. The van der Waals surface area contributed by atoms with Crippen LogP contribution >= 0.6 is 11.8 Å². The molecule has 8 unspecified atom stereocenters. The van der Waals surface area contributed by atoms with Crippen molar-refractivity contribution in [1.82, 2.24) is 62.8 Å². The molecule has 5 rings (SSSR count). The molecular weight excluding hydrogens is 1020 g/mol. The largest absolute Gasteiger partial charge is 0.370 e. The Kier molecular flexibility index (Phi) is 22.5. The lowest BCUT2D eigenvalue weighted by molar-refractivity contribution is -0.135. The Hall–Kier alpha value is -8.29. The molecule has 4 aromatic rings. The van der Waals surface area contributed by atoms with Gasteiger partial charge in [0, 0.05) is 61.1 Å². The smallest absolute Gasteiger partial charge is 0.243 e. The summed E-state index contributed by atoms with van der Waals surface area (Å²) in [5.41, 5.74) is 13.5. The van der Waals surface area contributed by atoms with Gasteiger partial charge in [0.2, 0.25) is 65.0 Å². The predicted molar refractivity (Wildman–Crippen MR) is 283 cm³/mol. The molecule has 0 saturated carbocycles. The Bertz CT molecular complexity index is 2740. The minimum atomic E-state index is -1.37. The number of H-pyrrole nitrogens is 2. The zero-order valence-corrected chi connectivity index (χ0v) is 44.0. The number of hydrogen-bond acceptors (Lipinski definition) is 13. The highest BCUT2D eigenvalue weighted by Crippen LogP contribution is 2.20. The normalized spacial score (nSPS) is 15.8. The maximum atomic E-state index is 14.1. The number of fused-ring (bicyclic) bond motifs is 1. The molecule has 0 bridgehead atoms. The first-order valence-corrected chi connectivity index (χ1v) is 26.4. The molecule has 1 aliphatic heterocycles. The SMILES string of the molecule is CSCCC(NC(=O)C(Cc1ccccc1)NC(=O)C(Cc1cnc[nH]1)NC(=O)CNC(=O)C(NC(=O)C(C)NC(=O)C(Cc1c[nH]c2ccccc12)NC(=O)C(CCC(N)=O)NC(=O)C1CCC(=O)N1)C(C)C)C(N)=O. The van der Waals surface area contributed by atoms with E-state index in [1.807, 2.05) is 18.4 Å². The number of aromatic nitrogens is 3. The number of amides is 11. The van der Waals surface area contributed by atoms with Crippen molar-refractivity contribution in [3.63, 3.8) is 0 Å². The average molecular weight is 1090 g/mol. The van der Waals surface area contributed by atoms with Crippen LogP contribution in [0.2, 0.25) is 0 Å². The van der Waals surface area contributed by atoms with Gasteiger partial charge in [0.15, 0.2) is 0 Å². The fraction of sp³-hybridized carbons (Fsp3) is 0.451. The zero-order chi connectivity index (χ0) is 56.2. The van der Waals surface area contributed by atoms with E-state index in [2.05, 4.69) is 62.8 Å². The molecule has 15 N–H and O–H groups in total. The van der Waals surface area contributed by atoms with E-state index in [1.54, 1.807) is 62.5 Å². The van der Waals surface area contributed by atoms with E-state index in [4.69, 9.17) is 11.5 Å². The second-order valence-electron chi connectivity index (χ2n) is 18.9. The van der Waals surface area contributed by atoms with E-state index in [-0.39, 0.29) is 57.3 Å². The van der Waals surface area contributed by atoms with E-state index in [0.717, 1.165) is 10.9 Å². The van der Waals surface area contributed by atoms with Gasteiger partial charge < -0.3 is 69.3 Å². The average Bonchev–Trinajstić information content (AvgIpc) is 4.18. The van der Waals surface area contributed by atoms with E-state index in [0.29, 0.717) is 22.6 Å². The summed E-state index contributed by atoms with van der Waals surface area (Å²) in [5, 5.41) is 24.1. The van der Waals surface area contributed by atoms with Crippen molar-refractivity contribution in [3.8, 4) is 0 Å². The fourth-order valence-corrected chi connectivity index (χ4v) is 8.78. The summed E-state index contributed by atoms with van der Waals surface area (Å²) in [5.74, 6) is -8.08. The van der Waals surface area contributed by atoms with Crippen molar-refractivity contribution in [2.75, 3.05) is 18.6 Å². The van der Waals surface area contributed by atoms with Gasteiger partial charge in [-0.25, -0.2) is 4.98 Å². The van der Waals surface area contributed by atoms with Gasteiger partial charge in [0.05, 0.1) is 12.9 Å². The molecule has 1 saturated heterocycles. The molecule has 0 aliphatic carbocycles. The second kappa shape index (κ2) is 29.1. The van der Waals surface area contributed by atoms with Gasteiger partial charge in [-0.15, -0.1) is 0 Å². The van der Waals surface area contributed by atoms with Crippen molar-refractivity contribution >= 4 is 87.6 Å². The van der Waals surface area contributed by atoms with Crippen LogP contribution in [-0.2, 0) is 72.0 Å². The molecule has 77 heavy (non-hydrogen) atoms. The first-order valence-electron chi connectivity index (χ1n) is 25.0. The quantitative estimate of drug-likeness (QED) is 0.0266. The third kappa shape index (κ3) is 18.5. The Morgan fingerprint density at radius 3 is 1.95 bits per heavy atom. The summed E-state index contributed by atoms with van der Waals surface area (Å²) in [6.07, 6.45) is 6.13. The van der Waals surface area contributed by atoms with Crippen LogP contribution in [-0.4, -0.2) is 147 Å². The highest BCUT2D eigenvalue weighted by atomic mass is 32.2. The van der Waals surface area contributed by atoms with Gasteiger partial charge in [0.25, 0.3) is 0 Å². The summed E-state index contributed by atoms with van der Waals surface area (Å²) >= 11 is 1.46. The van der Waals surface area contributed by atoms with Crippen LogP contribution in [0.5, 0.6) is 0 Å². The van der Waals surface area contributed by atoms with E-state index < -0.39 is 120 Å². The van der Waals surface area contributed by atoms with Gasteiger partial charge in [-0.2, -0.15) is 11.8 Å². The number of carbonyl (C=O) groups is 11. The van der Waals surface area contributed by atoms with E-state index in [1.165, 1.54) is 31.2 Å².